The molecule has 0 bridgehead atoms. The van der Waals surface area contributed by atoms with Gasteiger partial charge in [0.15, 0.2) is 21.3 Å². The molecule has 7 nitrogen and oxygen atoms in total. The molecule has 32 heavy (non-hydrogen) atoms. The second kappa shape index (κ2) is 7.93. The van der Waals surface area contributed by atoms with Gasteiger partial charge in [-0.3, -0.25) is 4.79 Å². The van der Waals surface area contributed by atoms with Crippen molar-refractivity contribution in [3.8, 4) is 5.82 Å². The van der Waals surface area contributed by atoms with Crippen LogP contribution in [-0.4, -0.2) is 35.3 Å². The zero-order valence-corrected chi connectivity index (χ0v) is 16.7. The lowest BCUT2D eigenvalue weighted by atomic mass is 10.2. The van der Waals surface area contributed by atoms with E-state index in [1.807, 2.05) is 0 Å². The van der Waals surface area contributed by atoms with E-state index < -0.39 is 50.7 Å². The van der Waals surface area contributed by atoms with Crippen molar-refractivity contribution < 1.29 is 39.6 Å². The molecule has 1 N–H and O–H groups in total. The van der Waals surface area contributed by atoms with Gasteiger partial charge in [0.2, 0.25) is 0 Å². The normalized spacial score (nSPS) is 12.6. The summed E-state index contributed by atoms with van der Waals surface area (Å²) in [6.45, 7) is 0. The first-order valence-corrected chi connectivity index (χ1v) is 10.4. The topological polar surface area (TPSA) is 94.0 Å². The number of sulfone groups is 1. The van der Waals surface area contributed by atoms with Gasteiger partial charge in [-0.1, -0.05) is 6.07 Å². The molecule has 14 heteroatoms. The van der Waals surface area contributed by atoms with Crippen LogP contribution in [0.3, 0.4) is 0 Å². The minimum Gasteiger partial charge on any atom is -0.322 e. The van der Waals surface area contributed by atoms with Crippen LogP contribution < -0.4 is 5.32 Å². The number of benzene rings is 1. The molecule has 2 aromatic heterocycles. The molecule has 3 rings (SSSR count). The van der Waals surface area contributed by atoms with Crippen molar-refractivity contribution in [3.63, 3.8) is 0 Å². The van der Waals surface area contributed by atoms with Gasteiger partial charge in [-0.25, -0.2) is 18.1 Å². The van der Waals surface area contributed by atoms with Crippen LogP contribution in [0.4, 0.5) is 32.0 Å². The van der Waals surface area contributed by atoms with Gasteiger partial charge in [-0.05, 0) is 30.3 Å². The molecule has 170 valence electrons. The summed E-state index contributed by atoms with van der Waals surface area (Å²) in [4.78, 5) is 15.7. The smallest absolute Gasteiger partial charge is 0.322 e. The van der Waals surface area contributed by atoms with Gasteiger partial charge in [0.05, 0.1) is 22.2 Å². The van der Waals surface area contributed by atoms with Gasteiger partial charge in [-0.15, -0.1) is 0 Å². The molecule has 2 heterocycles. The first kappa shape index (κ1) is 23.2. The molecular formula is C18H12F6N4O3S. The predicted molar refractivity (Wildman–Crippen MR) is 98.9 cm³/mol. The minimum absolute atomic E-state index is 0.0912. The fraction of sp³-hybridized carbons (Fsp3) is 0.167. The summed E-state index contributed by atoms with van der Waals surface area (Å²) in [6, 6.07) is 6.06. The summed E-state index contributed by atoms with van der Waals surface area (Å²) in [5.41, 5.74) is -3.78. The van der Waals surface area contributed by atoms with Gasteiger partial charge in [0.25, 0.3) is 5.91 Å². The molecule has 0 unspecified atom stereocenters. The highest BCUT2D eigenvalue weighted by molar-refractivity contribution is 7.90. The standard InChI is InChI=1S/C18H12F6N4O3S/c1-32(30,31)12-4-2-3-11(7-12)27-16(29)13-9-26-28(15(13)18(22,23)24)14-6-5-10(8-25-14)17(19,20)21/h2-9H,1H3,(H,27,29). The van der Waals surface area contributed by atoms with E-state index in [4.69, 9.17) is 0 Å². The Morgan fingerprint density at radius 2 is 1.69 bits per heavy atom. The molecule has 0 saturated heterocycles. The van der Waals surface area contributed by atoms with Crippen molar-refractivity contribution in [3.05, 3.63) is 65.6 Å². The monoisotopic (exact) mass is 478 g/mol. The number of anilines is 1. The van der Waals surface area contributed by atoms with Gasteiger partial charge < -0.3 is 5.32 Å². The molecule has 0 atom stereocenters. The maximum Gasteiger partial charge on any atom is 0.434 e. The Morgan fingerprint density at radius 1 is 1.00 bits per heavy atom. The van der Waals surface area contributed by atoms with E-state index in [1.165, 1.54) is 18.2 Å². The van der Waals surface area contributed by atoms with Crippen LogP contribution in [0.15, 0.2) is 53.7 Å². The lowest BCUT2D eigenvalue weighted by Crippen LogP contribution is -2.21. The van der Waals surface area contributed by atoms with Crippen LogP contribution in [0.25, 0.3) is 5.82 Å². The summed E-state index contributed by atoms with van der Waals surface area (Å²) in [5, 5.41) is 5.61. The van der Waals surface area contributed by atoms with Crippen molar-refractivity contribution in [2.45, 2.75) is 17.2 Å². The van der Waals surface area contributed by atoms with Crippen LogP contribution in [0.5, 0.6) is 0 Å². The van der Waals surface area contributed by atoms with E-state index in [0.29, 0.717) is 24.5 Å². The van der Waals surface area contributed by atoms with Crippen LogP contribution in [0.1, 0.15) is 21.6 Å². The quantitative estimate of drug-likeness (QED) is 0.573. The second-order valence-corrected chi connectivity index (χ2v) is 8.49. The number of carbonyl (C=O) groups is 1. The lowest BCUT2D eigenvalue weighted by Gasteiger charge is -2.13. The van der Waals surface area contributed by atoms with Crippen molar-refractivity contribution in [2.75, 3.05) is 11.6 Å². The molecule has 1 amide bonds. The average molecular weight is 478 g/mol. The third-order valence-corrected chi connectivity index (χ3v) is 5.20. The number of amides is 1. The lowest BCUT2D eigenvalue weighted by molar-refractivity contribution is -0.143. The molecule has 3 aromatic rings. The number of rotatable bonds is 4. The van der Waals surface area contributed by atoms with Crippen LogP contribution in [0.2, 0.25) is 0 Å². The number of nitrogens with zero attached hydrogens (tertiary/aromatic N) is 3. The Labute approximate surface area is 176 Å². The molecular weight excluding hydrogens is 466 g/mol. The Bertz CT molecular complexity index is 1270. The van der Waals surface area contributed by atoms with E-state index in [-0.39, 0.29) is 15.3 Å². The second-order valence-electron chi connectivity index (χ2n) is 6.47. The van der Waals surface area contributed by atoms with Crippen LogP contribution >= 0.6 is 0 Å². The third kappa shape index (κ3) is 4.90. The number of carbonyl (C=O) groups excluding carboxylic acids is 1. The van der Waals surface area contributed by atoms with E-state index in [2.05, 4.69) is 15.4 Å². The summed E-state index contributed by atoms with van der Waals surface area (Å²) in [6.07, 6.45) is -8.03. The van der Waals surface area contributed by atoms with Gasteiger partial charge in [0, 0.05) is 18.1 Å². The summed E-state index contributed by atoms with van der Waals surface area (Å²) >= 11 is 0. The van der Waals surface area contributed by atoms with Crippen molar-refractivity contribution in [2.24, 2.45) is 0 Å². The van der Waals surface area contributed by atoms with Crippen molar-refractivity contribution in [1.29, 1.82) is 0 Å². The van der Waals surface area contributed by atoms with E-state index in [9.17, 15) is 39.6 Å². The van der Waals surface area contributed by atoms with E-state index >= 15 is 0 Å². The summed E-state index contributed by atoms with van der Waals surface area (Å²) < 4.78 is 103. The Kier molecular flexibility index (Phi) is 5.76. The number of alkyl halides is 6. The highest BCUT2D eigenvalue weighted by atomic mass is 32.2. The average Bonchev–Trinajstić information content (AvgIpc) is 3.13. The maximum absolute atomic E-state index is 13.7. The number of hydrogen-bond acceptors (Lipinski definition) is 5. The number of nitrogens with one attached hydrogen (secondary N) is 1. The molecule has 0 spiro atoms. The molecule has 0 saturated carbocycles. The first-order chi connectivity index (χ1) is 14.7. The molecule has 0 aliphatic rings. The van der Waals surface area contributed by atoms with Gasteiger partial charge >= 0.3 is 12.4 Å². The van der Waals surface area contributed by atoms with E-state index in [0.717, 1.165) is 12.3 Å². The molecule has 0 aliphatic carbocycles. The molecule has 0 aliphatic heterocycles. The summed E-state index contributed by atoms with van der Waals surface area (Å²) in [5.74, 6) is -1.86. The number of hydrogen-bond donors (Lipinski definition) is 1. The van der Waals surface area contributed by atoms with Crippen molar-refractivity contribution in [1.82, 2.24) is 14.8 Å². The van der Waals surface area contributed by atoms with Crippen LogP contribution in [-0.2, 0) is 22.2 Å². The Balaban J connectivity index is 2.00. The number of aromatic nitrogens is 3. The highest BCUT2D eigenvalue weighted by Crippen LogP contribution is 2.34. The maximum atomic E-state index is 13.7. The molecule has 0 fully saturated rings. The van der Waals surface area contributed by atoms with Gasteiger partial charge in [-0.2, -0.15) is 31.4 Å². The van der Waals surface area contributed by atoms with E-state index in [1.54, 1.807) is 0 Å². The zero-order valence-electron chi connectivity index (χ0n) is 15.9. The fourth-order valence-electron chi connectivity index (χ4n) is 2.64. The minimum atomic E-state index is -5.12. The third-order valence-electron chi connectivity index (χ3n) is 4.09. The Hall–Kier alpha value is -3.42. The SMILES string of the molecule is CS(=O)(=O)c1cccc(NC(=O)c2cnn(-c3ccc(C(F)(F)F)cn3)c2C(F)(F)F)c1. The highest BCUT2D eigenvalue weighted by Gasteiger charge is 2.41. The number of halogens is 6. The largest absolute Gasteiger partial charge is 0.434 e. The number of pyridine rings is 1. The molecule has 1 aromatic carbocycles. The van der Waals surface area contributed by atoms with Gasteiger partial charge in [0.1, 0.15) is 0 Å². The molecule has 0 radical (unpaired) electrons. The predicted octanol–water partition coefficient (Wildman–Crippen LogP) is 3.96. The fourth-order valence-corrected chi connectivity index (χ4v) is 3.31. The zero-order chi connectivity index (χ0) is 23.9. The first-order valence-electron chi connectivity index (χ1n) is 8.48. The van der Waals surface area contributed by atoms with Crippen LogP contribution in [0, 0.1) is 0 Å². The Morgan fingerprint density at radius 3 is 2.22 bits per heavy atom. The summed E-state index contributed by atoms with van der Waals surface area (Å²) in [7, 11) is -3.64. The van der Waals surface area contributed by atoms with Crippen molar-refractivity contribution >= 4 is 21.4 Å².